The molecule has 30 heavy (non-hydrogen) atoms. The highest BCUT2D eigenvalue weighted by Crippen LogP contribution is 2.23. The van der Waals surface area contributed by atoms with Gasteiger partial charge in [0.1, 0.15) is 6.54 Å². The van der Waals surface area contributed by atoms with Crippen LogP contribution in [0.5, 0.6) is 0 Å². The molecule has 0 aliphatic carbocycles. The molecule has 0 amide bonds. The maximum atomic E-state index is 5.50. The fourth-order valence-corrected chi connectivity index (χ4v) is 3.92. The highest BCUT2D eigenvalue weighted by Gasteiger charge is 2.22. The summed E-state index contributed by atoms with van der Waals surface area (Å²) in [4.78, 5) is 7.16. The third kappa shape index (κ3) is 6.89. The molecule has 1 aliphatic rings. The number of hydrogen-bond acceptors (Lipinski definition) is 4. The van der Waals surface area contributed by atoms with Crippen LogP contribution in [-0.2, 0) is 6.54 Å². The van der Waals surface area contributed by atoms with Gasteiger partial charge in [-0.25, -0.2) is 4.99 Å². The van der Waals surface area contributed by atoms with Crippen molar-refractivity contribution in [3.8, 4) is 0 Å². The Morgan fingerprint density at radius 1 is 1.20 bits per heavy atom. The molecule has 2 aromatic rings. The highest BCUT2D eigenvalue weighted by molar-refractivity contribution is 14.0. The molecule has 1 atom stereocenters. The minimum Gasteiger partial charge on any atom is -0.371 e. The van der Waals surface area contributed by atoms with E-state index in [2.05, 4.69) is 77.9 Å². The largest absolute Gasteiger partial charge is 0.371 e. The van der Waals surface area contributed by atoms with E-state index in [4.69, 9.17) is 9.52 Å². The third-order valence-corrected chi connectivity index (χ3v) is 5.68. The zero-order valence-electron chi connectivity index (χ0n) is 18.4. The fourth-order valence-electron chi connectivity index (χ4n) is 3.92. The molecule has 1 saturated heterocycles. The summed E-state index contributed by atoms with van der Waals surface area (Å²) in [7, 11) is 0. The van der Waals surface area contributed by atoms with Gasteiger partial charge in [-0.3, -0.25) is 0 Å². The number of guanidine groups is 1. The number of aliphatic imine (C=N–C) groups is 1. The Morgan fingerprint density at radius 2 is 1.97 bits per heavy atom. The smallest absolute Gasteiger partial charge is 0.191 e. The Bertz CT molecular complexity index is 760. The molecule has 0 bridgehead atoms. The van der Waals surface area contributed by atoms with E-state index in [-0.39, 0.29) is 24.0 Å². The predicted molar refractivity (Wildman–Crippen MR) is 135 cm³/mol. The number of anilines is 1. The molecule has 6 nitrogen and oxygen atoms in total. The summed E-state index contributed by atoms with van der Waals surface area (Å²) in [5.74, 6) is 2.75. The highest BCUT2D eigenvalue weighted by atomic mass is 127. The van der Waals surface area contributed by atoms with Crippen molar-refractivity contribution < 1.29 is 4.52 Å². The summed E-state index contributed by atoms with van der Waals surface area (Å²) in [6.07, 6.45) is 3.36. The van der Waals surface area contributed by atoms with Gasteiger partial charge in [-0.1, -0.05) is 37.2 Å². The number of nitrogens with zero attached hydrogens (tertiary/aromatic N) is 3. The van der Waals surface area contributed by atoms with Crippen LogP contribution in [0, 0.1) is 5.92 Å². The number of aromatic nitrogens is 1. The zero-order chi connectivity index (χ0) is 20.5. The van der Waals surface area contributed by atoms with Crippen LogP contribution in [0.3, 0.4) is 0 Å². The van der Waals surface area contributed by atoms with Crippen LogP contribution in [0.2, 0.25) is 0 Å². The van der Waals surface area contributed by atoms with E-state index in [0.29, 0.717) is 18.4 Å². The Balaban J connectivity index is 0.00000320. The molecule has 1 aliphatic heterocycles. The zero-order valence-corrected chi connectivity index (χ0v) is 20.8. The van der Waals surface area contributed by atoms with E-state index >= 15 is 0 Å². The van der Waals surface area contributed by atoms with Crippen molar-refractivity contribution in [2.24, 2.45) is 10.9 Å². The molecule has 0 saturated carbocycles. The monoisotopic (exact) mass is 525 g/mol. The number of nitrogens with one attached hydrogen (secondary N) is 2. The van der Waals surface area contributed by atoms with E-state index in [1.165, 1.54) is 12.1 Å². The summed E-state index contributed by atoms with van der Waals surface area (Å²) in [5, 5.41) is 11.1. The minimum atomic E-state index is 0. The lowest BCUT2D eigenvalue weighted by Crippen LogP contribution is -2.40. The van der Waals surface area contributed by atoms with Crippen molar-refractivity contribution in [3.05, 3.63) is 47.9 Å². The van der Waals surface area contributed by atoms with E-state index in [0.717, 1.165) is 56.4 Å². The maximum absolute atomic E-state index is 5.50. The summed E-state index contributed by atoms with van der Waals surface area (Å²) in [6.45, 7) is 10.9. The number of rotatable bonds is 9. The molecule has 3 rings (SSSR count). The van der Waals surface area contributed by atoms with Crippen LogP contribution >= 0.6 is 24.0 Å². The molecular weight excluding hydrogens is 489 g/mol. The Morgan fingerprint density at radius 3 is 2.67 bits per heavy atom. The first-order valence-corrected chi connectivity index (χ1v) is 11.0. The maximum Gasteiger partial charge on any atom is 0.191 e. The van der Waals surface area contributed by atoms with Crippen molar-refractivity contribution in [3.63, 3.8) is 0 Å². The normalized spacial score (nSPS) is 16.6. The second-order valence-corrected chi connectivity index (χ2v) is 7.74. The van der Waals surface area contributed by atoms with E-state index in [1.807, 2.05) is 0 Å². The van der Waals surface area contributed by atoms with Gasteiger partial charge in [0.15, 0.2) is 11.7 Å². The molecule has 0 radical (unpaired) electrons. The van der Waals surface area contributed by atoms with Gasteiger partial charge in [-0.2, -0.15) is 0 Å². The van der Waals surface area contributed by atoms with Gasteiger partial charge >= 0.3 is 0 Å². The predicted octanol–water partition coefficient (Wildman–Crippen LogP) is 4.78. The molecule has 1 aromatic carbocycles. The Hall–Kier alpha value is -1.77. The lowest BCUT2D eigenvalue weighted by atomic mass is 9.99. The first-order chi connectivity index (χ1) is 14.2. The van der Waals surface area contributed by atoms with Crippen molar-refractivity contribution in [2.45, 2.75) is 52.5 Å². The van der Waals surface area contributed by atoms with Gasteiger partial charge in [0.2, 0.25) is 0 Å². The SMILES string of the molecule is CCNC(=NCc1cc(C(CC)CC)no1)NCC1CCN(c2ccccc2)C1.I. The van der Waals surface area contributed by atoms with Crippen molar-refractivity contribution in [1.82, 2.24) is 15.8 Å². The second kappa shape index (κ2) is 12.8. The Labute approximate surface area is 197 Å². The first-order valence-electron chi connectivity index (χ1n) is 11.0. The molecule has 0 spiro atoms. The van der Waals surface area contributed by atoms with Gasteiger partial charge < -0.3 is 20.1 Å². The summed E-state index contributed by atoms with van der Waals surface area (Å²) < 4.78 is 5.50. The average Bonchev–Trinajstić information content (AvgIpc) is 3.42. The molecular formula is C23H36IN5O. The van der Waals surface area contributed by atoms with Gasteiger partial charge in [0.05, 0.1) is 5.69 Å². The molecule has 1 fully saturated rings. The van der Waals surface area contributed by atoms with Crippen LogP contribution in [0.1, 0.15) is 57.4 Å². The molecule has 1 unspecified atom stereocenters. The number of hydrogen-bond donors (Lipinski definition) is 2. The molecule has 2 heterocycles. The minimum absolute atomic E-state index is 0. The van der Waals surface area contributed by atoms with Crippen LogP contribution in [0.15, 0.2) is 45.9 Å². The van der Waals surface area contributed by atoms with Gasteiger partial charge in [-0.15, -0.1) is 24.0 Å². The van der Waals surface area contributed by atoms with Gasteiger partial charge in [0, 0.05) is 43.9 Å². The van der Waals surface area contributed by atoms with Crippen molar-refractivity contribution in [1.29, 1.82) is 0 Å². The standard InChI is InChI=1S/C23H35N5O.HI/c1-4-19(5-2)22-14-21(29-27-22)16-26-23(24-6-3)25-15-18-12-13-28(17-18)20-10-8-7-9-11-20;/h7-11,14,18-19H,4-6,12-13,15-17H2,1-3H3,(H2,24,25,26);1H. The summed E-state index contributed by atoms with van der Waals surface area (Å²) in [6, 6.07) is 12.7. The van der Waals surface area contributed by atoms with E-state index in [1.54, 1.807) is 0 Å². The molecule has 1 aromatic heterocycles. The number of halogens is 1. The molecule has 7 heteroatoms. The van der Waals surface area contributed by atoms with Crippen LogP contribution in [0.25, 0.3) is 0 Å². The lowest BCUT2D eigenvalue weighted by molar-refractivity contribution is 0.372. The van der Waals surface area contributed by atoms with Crippen molar-refractivity contribution >= 4 is 35.6 Å². The molecule has 2 N–H and O–H groups in total. The van der Waals surface area contributed by atoms with Crippen LogP contribution < -0.4 is 15.5 Å². The van der Waals surface area contributed by atoms with Crippen molar-refractivity contribution in [2.75, 3.05) is 31.1 Å². The molecule has 166 valence electrons. The quantitative estimate of drug-likeness (QED) is 0.280. The van der Waals surface area contributed by atoms with Crippen LogP contribution in [0.4, 0.5) is 5.69 Å². The third-order valence-electron chi connectivity index (χ3n) is 5.68. The second-order valence-electron chi connectivity index (χ2n) is 7.74. The topological polar surface area (TPSA) is 65.7 Å². The van der Waals surface area contributed by atoms with E-state index in [9.17, 15) is 0 Å². The number of benzene rings is 1. The number of para-hydroxylation sites is 1. The summed E-state index contributed by atoms with van der Waals surface area (Å²) in [5.41, 5.74) is 2.36. The first kappa shape index (κ1) is 24.5. The lowest BCUT2D eigenvalue weighted by Gasteiger charge is -2.19. The van der Waals surface area contributed by atoms with Gasteiger partial charge in [0.25, 0.3) is 0 Å². The van der Waals surface area contributed by atoms with Crippen LogP contribution in [-0.4, -0.2) is 37.3 Å². The Kier molecular flexibility index (Phi) is 10.5. The average molecular weight is 525 g/mol. The van der Waals surface area contributed by atoms with Gasteiger partial charge in [-0.05, 0) is 44.2 Å². The van der Waals surface area contributed by atoms with E-state index < -0.39 is 0 Å². The fraction of sp³-hybridized carbons (Fsp3) is 0.565. The summed E-state index contributed by atoms with van der Waals surface area (Å²) >= 11 is 0.